The van der Waals surface area contributed by atoms with E-state index in [1.54, 1.807) is 0 Å². The molecule has 0 aliphatic rings. The maximum absolute atomic E-state index is 12.3. The van der Waals surface area contributed by atoms with Crippen LogP contribution in [0.4, 0.5) is 0 Å². The van der Waals surface area contributed by atoms with Crippen molar-refractivity contribution >= 4 is 11.2 Å². The second-order valence-corrected chi connectivity index (χ2v) is 14.9. The molecule has 0 spiro atoms. The molecule has 40 heavy (non-hydrogen) atoms. The predicted molar refractivity (Wildman–Crippen MR) is 186 cm³/mol. The zero-order chi connectivity index (χ0) is 29.0. The molecule has 0 atom stereocenters. The predicted octanol–water partition coefficient (Wildman–Crippen LogP) is 14.0. The average Bonchev–Trinajstić information content (AvgIpc) is 2.96. The molecule has 0 amide bonds. The minimum absolute atomic E-state index is 0.556. The summed E-state index contributed by atoms with van der Waals surface area (Å²) >= 11 is -0.556. The summed E-state index contributed by atoms with van der Waals surface area (Å²) in [5.41, 5.74) is 0. The van der Waals surface area contributed by atoms with Gasteiger partial charge >= 0.3 is 0 Å². The fraction of sp³-hybridized carbons (Fsp3) is 1.00. The van der Waals surface area contributed by atoms with Crippen molar-refractivity contribution in [2.24, 2.45) is 0 Å². The van der Waals surface area contributed by atoms with E-state index >= 15 is 0 Å². The first kappa shape index (κ1) is 40.3. The monoisotopic (exact) mass is 583 g/mol. The van der Waals surface area contributed by atoms with Gasteiger partial charge in [-0.25, -0.2) is 0 Å². The normalized spacial score (nSPS) is 11.7. The van der Waals surface area contributed by atoms with E-state index in [1.807, 2.05) is 0 Å². The van der Waals surface area contributed by atoms with Gasteiger partial charge in [0.25, 0.3) is 0 Å². The zero-order valence-corrected chi connectivity index (χ0v) is 29.1. The molecule has 0 aliphatic heterocycles. The minimum atomic E-state index is -0.556. The minimum Gasteiger partial charge on any atom is -0.616 e. The maximum atomic E-state index is 12.3. The lowest BCUT2D eigenvalue weighted by atomic mass is 10.0. The Balaban J connectivity index is 3.13. The first-order valence-corrected chi connectivity index (χ1v) is 20.6. The van der Waals surface area contributed by atoms with Crippen LogP contribution in [-0.4, -0.2) is 16.1 Å². The Bertz CT molecular complexity index is 388. The van der Waals surface area contributed by atoms with E-state index in [0.717, 1.165) is 11.5 Å². The van der Waals surface area contributed by atoms with Crippen LogP contribution in [0.2, 0.25) is 0 Å². The van der Waals surface area contributed by atoms with Crippen LogP contribution in [0.25, 0.3) is 0 Å². The largest absolute Gasteiger partial charge is 0.616 e. The molecule has 242 valence electrons. The number of hydrogen-bond donors (Lipinski definition) is 0. The van der Waals surface area contributed by atoms with Gasteiger partial charge in [-0.05, 0) is 25.7 Å². The first-order chi connectivity index (χ1) is 19.8. The topological polar surface area (TPSA) is 23.1 Å². The Hall–Kier alpha value is 0.310. The highest BCUT2D eigenvalue weighted by molar-refractivity contribution is 7.91. The molecule has 0 aromatic carbocycles. The van der Waals surface area contributed by atoms with Gasteiger partial charge in [0.1, 0.15) is 11.5 Å². The van der Waals surface area contributed by atoms with Crippen molar-refractivity contribution in [3.05, 3.63) is 0 Å². The van der Waals surface area contributed by atoms with Gasteiger partial charge in [-0.1, -0.05) is 218 Å². The van der Waals surface area contributed by atoms with E-state index in [0.29, 0.717) is 0 Å². The third kappa shape index (κ3) is 36.3. The Labute approximate surface area is 258 Å². The van der Waals surface area contributed by atoms with E-state index in [1.165, 1.54) is 218 Å². The maximum Gasteiger partial charge on any atom is 0.105 e. The molecule has 0 aromatic rings. The van der Waals surface area contributed by atoms with Crippen molar-refractivity contribution < 1.29 is 4.55 Å². The Morgan fingerprint density at radius 2 is 0.400 bits per heavy atom. The third-order valence-electron chi connectivity index (χ3n) is 8.95. The lowest BCUT2D eigenvalue weighted by Gasteiger charge is -2.11. The smallest absolute Gasteiger partial charge is 0.105 e. The van der Waals surface area contributed by atoms with Crippen molar-refractivity contribution in [2.75, 3.05) is 11.5 Å². The highest BCUT2D eigenvalue weighted by Crippen LogP contribution is 2.16. The van der Waals surface area contributed by atoms with Crippen LogP contribution in [0, 0.1) is 0 Å². The highest BCUT2D eigenvalue weighted by Gasteiger charge is 2.05. The summed E-state index contributed by atoms with van der Waals surface area (Å²) in [6.07, 6.45) is 48.0. The molecule has 1 nitrogen and oxygen atoms in total. The number of hydrogen-bond acceptors (Lipinski definition) is 1. The molecule has 0 saturated heterocycles. The summed E-state index contributed by atoms with van der Waals surface area (Å²) in [7, 11) is 0. The summed E-state index contributed by atoms with van der Waals surface area (Å²) in [5, 5.41) is 0. The van der Waals surface area contributed by atoms with Gasteiger partial charge in [-0.3, -0.25) is 0 Å². The van der Waals surface area contributed by atoms with Crippen LogP contribution >= 0.6 is 0 Å². The van der Waals surface area contributed by atoms with Crippen LogP contribution in [-0.2, 0) is 11.2 Å². The molecule has 0 aliphatic carbocycles. The molecule has 0 radical (unpaired) electrons. The van der Waals surface area contributed by atoms with E-state index in [-0.39, 0.29) is 0 Å². The SMILES string of the molecule is CCCCCCCCCCCCCCCCCCC[S+]([O-])CCCCCCCCCCCCCCCCCCC. The van der Waals surface area contributed by atoms with Crippen molar-refractivity contribution in [3.8, 4) is 0 Å². The molecule has 0 aromatic heterocycles. The lowest BCUT2D eigenvalue weighted by Crippen LogP contribution is -2.11. The number of unbranched alkanes of at least 4 members (excludes halogenated alkanes) is 32. The van der Waals surface area contributed by atoms with Gasteiger partial charge in [0.05, 0.1) is 0 Å². The average molecular weight is 583 g/mol. The van der Waals surface area contributed by atoms with Crippen LogP contribution < -0.4 is 0 Å². The van der Waals surface area contributed by atoms with Crippen LogP contribution in [0.3, 0.4) is 0 Å². The van der Waals surface area contributed by atoms with Crippen molar-refractivity contribution in [2.45, 2.75) is 232 Å². The molecule has 0 rings (SSSR count). The van der Waals surface area contributed by atoms with Crippen LogP contribution in [0.15, 0.2) is 0 Å². The second kappa shape index (κ2) is 37.3. The molecular weight excluding hydrogens is 504 g/mol. The fourth-order valence-corrected chi connectivity index (χ4v) is 7.33. The van der Waals surface area contributed by atoms with E-state index in [9.17, 15) is 4.55 Å². The first-order valence-electron chi connectivity index (χ1n) is 19.2. The zero-order valence-electron chi connectivity index (χ0n) is 28.3. The molecule has 0 unspecified atom stereocenters. The van der Waals surface area contributed by atoms with Gasteiger partial charge < -0.3 is 4.55 Å². The van der Waals surface area contributed by atoms with E-state index in [2.05, 4.69) is 13.8 Å². The summed E-state index contributed by atoms with van der Waals surface area (Å²) in [6, 6.07) is 0. The van der Waals surface area contributed by atoms with Gasteiger partial charge in [0.2, 0.25) is 0 Å². The van der Waals surface area contributed by atoms with E-state index < -0.39 is 11.2 Å². The molecule has 0 saturated carbocycles. The van der Waals surface area contributed by atoms with Crippen molar-refractivity contribution in [1.29, 1.82) is 0 Å². The highest BCUT2D eigenvalue weighted by atomic mass is 32.2. The quantitative estimate of drug-likeness (QED) is 0.0532. The van der Waals surface area contributed by atoms with Gasteiger partial charge in [-0.2, -0.15) is 0 Å². The summed E-state index contributed by atoms with van der Waals surface area (Å²) in [5.74, 6) is 1.91. The van der Waals surface area contributed by atoms with E-state index in [4.69, 9.17) is 0 Å². The Morgan fingerprint density at radius 1 is 0.250 bits per heavy atom. The summed E-state index contributed by atoms with van der Waals surface area (Å²) in [4.78, 5) is 0. The van der Waals surface area contributed by atoms with Gasteiger partial charge in [-0.15, -0.1) is 0 Å². The summed E-state index contributed by atoms with van der Waals surface area (Å²) < 4.78 is 12.3. The molecule has 2 heteroatoms. The standard InChI is InChI=1S/C38H78OS/c1-3-5-7-9-11-13-15-17-19-21-23-25-27-29-31-33-35-37-40(39)38-36-34-32-30-28-26-24-22-20-18-16-14-12-10-8-6-4-2/h3-38H2,1-2H3. The van der Waals surface area contributed by atoms with Gasteiger partial charge in [0.15, 0.2) is 0 Å². The molecule has 0 bridgehead atoms. The second-order valence-electron chi connectivity index (χ2n) is 13.2. The van der Waals surface area contributed by atoms with Crippen LogP contribution in [0.5, 0.6) is 0 Å². The number of rotatable bonds is 36. The Morgan fingerprint density at radius 3 is 0.575 bits per heavy atom. The van der Waals surface area contributed by atoms with Crippen molar-refractivity contribution in [1.82, 2.24) is 0 Å². The molecule has 0 N–H and O–H groups in total. The molecule has 0 heterocycles. The summed E-state index contributed by atoms with van der Waals surface area (Å²) in [6.45, 7) is 4.60. The fourth-order valence-electron chi connectivity index (χ4n) is 6.08. The van der Waals surface area contributed by atoms with Gasteiger partial charge in [0, 0.05) is 0 Å². The Kier molecular flexibility index (Phi) is 37.6. The van der Waals surface area contributed by atoms with Crippen LogP contribution in [0.1, 0.15) is 232 Å². The lowest BCUT2D eigenvalue weighted by molar-refractivity contribution is 0.527. The molecular formula is C38H78OS. The van der Waals surface area contributed by atoms with Crippen molar-refractivity contribution in [3.63, 3.8) is 0 Å². The molecule has 0 fully saturated rings. The third-order valence-corrected chi connectivity index (χ3v) is 10.4.